The number of halogens is 1. The first kappa shape index (κ1) is 11.9. The molecule has 2 aromatic carbocycles. The zero-order valence-electron chi connectivity index (χ0n) is 9.11. The maximum Gasteiger partial charge on any atom is 0.337 e. The van der Waals surface area contributed by atoms with Gasteiger partial charge < -0.3 is 10.4 Å². The lowest BCUT2D eigenvalue weighted by Crippen LogP contribution is -2.08. The Hall–Kier alpha value is -1.21. The molecule has 90 valence electrons. The van der Waals surface area contributed by atoms with Crippen molar-refractivity contribution in [1.82, 2.24) is 0 Å². The molecule has 0 saturated carbocycles. The predicted octanol–water partition coefficient (Wildman–Crippen LogP) is 4.20. The topological polar surface area (TPSA) is 49.3 Å². The van der Waals surface area contributed by atoms with Crippen LogP contribution in [0.15, 0.2) is 46.2 Å². The van der Waals surface area contributed by atoms with Crippen LogP contribution in [0.2, 0.25) is 0 Å². The highest BCUT2D eigenvalue weighted by molar-refractivity contribution is 14.1. The van der Waals surface area contributed by atoms with Gasteiger partial charge >= 0.3 is 5.97 Å². The van der Waals surface area contributed by atoms with Gasteiger partial charge in [-0.2, -0.15) is 0 Å². The van der Waals surface area contributed by atoms with Crippen LogP contribution in [0.5, 0.6) is 0 Å². The fraction of sp³-hybridized carbons (Fsp3) is 0. The monoisotopic (exact) mass is 369 g/mol. The van der Waals surface area contributed by atoms with Crippen molar-refractivity contribution in [1.29, 1.82) is 0 Å². The van der Waals surface area contributed by atoms with Crippen LogP contribution in [-0.2, 0) is 0 Å². The Morgan fingerprint density at radius 3 is 2.78 bits per heavy atom. The number of rotatable bonds is 1. The van der Waals surface area contributed by atoms with E-state index in [1.165, 1.54) is 0 Å². The van der Waals surface area contributed by atoms with Crippen molar-refractivity contribution in [2.45, 2.75) is 9.79 Å². The number of para-hydroxylation sites is 1. The summed E-state index contributed by atoms with van der Waals surface area (Å²) in [6.07, 6.45) is 0. The van der Waals surface area contributed by atoms with Gasteiger partial charge in [-0.05, 0) is 46.9 Å². The fourth-order valence-electron chi connectivity index (χ4n) is 1.87. The molecule has 1 heterocycles. The first-order chi connectivity index (χ1) is 8.65. The predicted molar refractivity (Wildman–Crippen MR) is 80.0 cm³/mol. The number of carboxylic acid groups (broad SMARTS) is 1. The Morgan fingerprint density at radius 1 is 1.22 bits per heavy atom. The summed E-state index contributed by atoms with van der Waals surface area (Å²) < 4.78 is 0.928. The molecule has 2 aromatic rings. The van der Waals surface area contributed by atoms with Gasteiger partial charge in [0.1, 0.15) is 0 Å². The molecule has 0 radical (unpaired) electrons. The molecule has 18 heavy (non-hydrogen) atoms. The third kappa shape index (κ3) is 1.97. The summed E-state index contributed by atoms with van der Waals surface area (Å²) in [5, 5.41) is 12.5. The summed E-state index contributed by atoms with van der Waals surface area (Å²) in [5.41, 5.74) is 1.96. The molecule has 0 fully saturated rings. The molecular weight excluding hydrogens is 361 g/mol. The van der Waals surface area contributed by atoms with Gasteiger partial charge in [0, 0.05) is 13.4 Å². The zero-order chi connectivity index (χ0) is 12.7. The largest absolute Gasteiger partial charge is 0.478 e. The zero-order valence-corrected chi connectivity index (χ0v) is 12.1. The minimum atomic E-state index is -0.905. The first-order valence-corrected chi connectivity index (χ1v) is 7.15. The molecule has 0 aromatic heterocycles. The van der Waals surface area contributed by atoms with E-state index in [-0.39, 0.29) is 0 Å². The molecule has 0 atom stereocenters. The summed E-state index contributed by atoms with van der Waals surface area (Å²) in [7, 11) is 0. The van der Waals surface area contributed by atoms with E-state index in [0.717, 1.165) is 19.0 Å². The van der Waals surface area contributed by atoms with Crippen molar-refractivity contribution in [3.05, 3.63) is 45.5 Å². The molecule has 0 saturated heterocycles. The van der Waals surface area contributed by atoms with Crippen molar-refractivity contribution < 1.29 is 9.90 Å². The molecule has 5 heteroatoms. The van der Waals surface area contributed by atoms with E-state index in [9.17, 15) is 9.90 Å². The second-order valence-corrected chi connectivity index (χ2v) is 6.18. The number of benzene rings is 2. The van der Waals surface area contributed by atoms with Crippen LogP contribution in [-0.4, -0.2) is 11.1 Å². The van der Waals surface area contributed by atoms with E-state index in [1.54, 1.807) is 17.8 Å². The Morgan fingerprint density at radius 2 is 2.00 bits per heavy atom. The molecule has 0 aliphatic carbocycles. The van der Waals surface area contributed by atoms with E-state index in [1.807, 2.05) is 30.3 Å². The second-order valence-electron chi connectivity index (χ2n) is 3.85. The fourth-order valence-corrected chi connectivity index (χ4v) is 3.77. The quantitative estimate of drug-likeness (QED) is 0.632. The molecule has 3 rings (SSSR count). The van der Waals surface area contributed by atoms with Crippen molar-refractivity contribution in [2.24, 2.45) is 0 Å². The first-order valence-electron chi connectivity index (χ1n) is 5.26. The van der Waals surface area contributed by atoms with E-state index in [0.29, 0.717) is 11.3 Å². The van der Waals surface area contributed by atoms with Gasteiger partial charge in [-0.1, -0.05) is 23.9 Å². The molecule has 0 unspecified atom stereocenters. The van der Waals surface area contributed by atoms with E-state index < -0.39 is 5.97 Å². The molecular formula is C13H8INO2S. The highest BCUT2D eigenvalue weighted by Gasteiger charge is 2.21. The smallest absolute Gasteiger partial charge is 0.337 e. The van der Waals surface area contributed by atoms with Gasteiger partial charge in [0.05, 0.1) is 16.9 Å². The van der Waals surface area contributed by atoms with Gasteiger partial charge in [-0.25, -0.2) is 4.79 Å². The summed E-state index contributed by atoms with van der Waals surface area (Å²) in [6, 6.07) is 11.6. The van der Waals surface area contributed by atoms with Crippen LogP contribution >= 0.6 is 34.4 Å². The Kier molecular flexibility index (Phi) is 2.95. The SMILES string of the molecule is O=C(O)c1cc(I)cc2c1Nc1ccccc1S2. The van der Waals surface area contributed by atoms with Gasteiger partial charge in [0.15, 0.2) is 0 Å². The maximum atomic E-state index is 11.3. The molecule has 0 spiro atoms. The lowest BCUT2D eigenvalue weighted by atomic mass is 10.1. The number of nitrogens with one attached hydrogen (secondary N) is 1. The van der Waals surface area contributed by atoms with Gasteiger partial charge in [0.2, 0.25) is 0 Å². The van der Waals surface area contributed by atoms with Crippen LogP contribution in [0.4, 0.5) is 11.4 Å². The minimum Gasteiger partial charge on any atom is -0.478 e. The molecule has 0 bridgehead atoms. The Labute approximate surface area is 122 Å². The lowest BCUT2D eigenvalue weighted by Gasteiger charge is -2.22. The van der Waals surface area contributed by atoms with Gasteiger partial charge in [-0.15, -0.1) is 0 Å². The number of carbonyl (C=O) groups is 1. The molecule has 1 aliphatic rings. The average molecular weight is 369 g/mol. The second kappa shape index (κ2) is 4.47. The van der Waals surface area contributed by atoms with Crippen LogP contribution in [0.3, 0.4) is 0 Å². The van der Waals surface area contributed by atoms with Crippen molar-refractivity contribution in [3.8, 4) is 0 Å². The summed E-state index contributed by atoms with van der Waals surface area (Å²) in [6.45, 7) is 0. The van der Waals surface area contributed by atoms with Crippen LogP contribution in [0, 0.1) is 3.57 Å². The van der Waals surface area contributed by atoms with E-state index in [4.69, 9.17) is 0 Å². The van der Waals surface area contributed by atoms with Crippen LogP contribution < -0.4 is 5.32 Å². The molecule has 0 amide bonds. The van der Waals surface area contributed by atoms with Crippen LogP contribution in [0.1, 0.15) is 10.4 Å². The van der Waals surface area contributed by atoms with Crippen molar-refractivity contribution >= 4 is 51.7 Å². The van der Waals surface area contributed by atoms with Crippen molar-refractivity contribution in [3.63, 3.8) is 0 Å². The molecule has 3 nitrogen and oxygen atoms in total. The number of fused-ring (bicyclic) bond motifs is 2. The average Bonchev–Trinajstić information content (AvgIpc) is 2.35. The highest BCUT2D eigenvalue weighted by Crippen LogP contribution is 2.45. The lowest BCUT2D eigenvalue weighted by molar-refractivity contribution is 0.0697. The number of carboxylic acids is 1. The van der Waals surface area contributed by atoms with Crippen LogP contribution in [0.25, 0.3) is 0 Å². The summed E-state index contributed by atoms with van der Waals surface area (Å²) in [5.74, 6) is -0.905. The van der Waals surface area contributed by atoms with Crippen molar-refractivity contribution in [2.75, 3.05) is 5.32 Å². The highest BCUT2D eigenvalue weighted by atomic mass is 127. The standard InChI is InChI=1S/C13H8INO2S/c14-7-5-8(13(16)17)12-11(6-7)18-10-4-2-1-3-9(10)15-12/h1-6,15H,(H,16,17). The van der Waals surface area contributed by atoms with Gasteiger partial charge in [0.25, 0.3) is 0 Å². The maximum absolute atomic E-state index is 11.3. The summed E-state index contributed by atoms with van der Waals surface area (Å²) >= 11 is 3.74. The third-order valence-electron chi connectivity index (χ3n) is 2.66. The number of aromatic carboxylic acids is 1. The normalized spacial score (nSPS) is 12.3. The number of hydrogen-bond donors (Lipinski definition) is 2. The third-order valence-corrected chi connectivity index (χ3v) is 4.40. The number of anilines is 2. The Balaban J connectivity index is 2.18. The molecule has 1 aliphatic heterocycles. The van der Waals surface area contributed by atoms with E-state index in [2.05, 4.69) is 27.9 Å². The molecule has 2 N–H and O–H groups in total. The van der Waals surface area contributed by atoms with Gasteiger partial charge in [-0.3, -0.25) is 0 Å². The summed E-state index contributed by atoms with van der Waals surface area (Å²) in [4.78, 5) is 13.4. The minimum absolute atomic E-state index is 0.318. The number of hydrogen-bond acceptors (Lipinski definition) is 3. The Bertz CT molecular complexity index is 657. The van der Waals surface area contributed by atoms with E-state index >= 15 is 0 Å².